The van der Waals surface area contributed by atoms with E-state index in [2.05, 4.69) is 4.98 Å². The van der Waals surface area contributed by atoms with Crippen LogP contribution in [0.1, 0.15) is 21.5 Å². The second kappa shape index (κ2) is 8.47. The van der Waals surface area contributed by atoms with Gasteiger partial charge in [-0.2, -0.15) is 0 Å². The molecule has 0 radical (unpaired) electrons. The zero-order valence-electron chi connectivity index (χ0n) is 18.1. The maximum Gasteiger partial charge on any atom is 0.255 e. The molecule has 166 valence electrons. The predicted octanol–water partition coefficient (Wildman–Crippen LogP) is 3.59. The summed E-state index contributed by atoms with van der Waals surface area (Å²) in [7, 11) is 4.87. The number of aryl methyl sites for hydroxylation is 1. The van der Waals surface area contributed by atoms with E-state index < -0.39 is 0 Å². The van der Waals surface area contributed by atoms with Gasteiger partial charge in [0.25, 0.3) is 5.91 Å². The molecule has 7 nitrogen and oxygen atoms in total. The molecule has 8 heteroatoms. The number of carbonyl (C=O) groups is 1. The number of pyridine rings is 1. The van der Waals surface area contributed by atoms with Crippen LogP contribution in [0.2, 0.25) is 0 Å². The van der Waals surface area contributed by atoms with Crippen LogP contribution >= 0.6 is 0 Å². The molecule has 0 bridgehead atoms. The number of benzene rings is 2. The van der Waals surface area contributed by atoms with Crippen LogP contribution in [0.3, 0.4) is 0 Å². The number of fused-ring (bicyclic) bond motifs is 2. The number of nitrogens with zero attached hydrogens (tertiary/aromatic N) is 3. The van der Waals surface area contributed by atoms with Gasteiger partial charge in [-0.25, -0.2) is 4.39 Å². The van der Waals surface area contributed by atoms with Gasteiger partial charge in [-0.1, -0.05) is 12.1 Å². The van der Waals surface area contributed by atoms with Crippen molar-refractivity contribution in [3.8, 4) is 11.6 Å². The first kappa shape index (κ1) is 21.6. The van der Waals surface area contributed by atoms with Crippen molar-refractivity contribution in [1.82, 2.24) is 14.5 Å². The zero-order chi connectivity index (χ0) is 23.0. The molecule has 0 aliphatic heterocycles. The molecular weight excluding hydrogens is 413 g/mol. The minimum Gasteiger partial charge on any atom is -0.505 e. The van der Waals surface area contributed by atoms with E-state index in [0.29, 0.717) is 35.9 Å². The molecule has 2 aromatic heterocycles. The summed E-state index contributed by atoms with van der Waals surface area (Å²) >= 11 is 0. The minimum absolute atomic E-state index is 0.148. The van der Waals surface area contributed by atoms with Crippen molar-refractivity contribution in [2.75, 3.05) is 27.3 Å². The van der Waals surface area contributed by atoms with E-state index >= 15 is 0 Å². The van der Waals surface area contributed by atoms with Gasteiger partial charge in [0.05, 0.1) is 17.6 Å². The highest BCUT2D eigenvalue weighted by atomic mass is 19.1. The molecule has 32 heavy (non-hydrogen) atoms. The first-order valence-corrected chi connectivity index (χ1v) is 10.1. The van der Waals surface area contributed by atoms with Gasteiger partial charge < -0.3 is 24.4 Å². The van der Waals surface area contributed by atoms with Gasteiger partial charge in [-0.3, -0.25) is 9.78 Å². The van der Waals surface area contributed by atoms with Crippen LogP contribution < -0.4 is 0 Å². The van der Waals surface area contributed by atoms with E-state index in [1.165, 1.54) is 21.6 Å². The van der Waals surface area contributed by atoms with Crippen LogP contribution in [0.15, 0.2) is 42.7 Å². The molecule has 0 aliphatic rings. The lowest BCUT2D eigenvalue weighted by Crippen LogP contribution is -2.30. The smallest absolute Gasteiger partial charge is 0.255 e. The fourth-order valence-electron chi connectivity index (χ4n) is 3.88. The number of hydrogen-bond donors (Lipinski definition) is 2. The van der Waals surface area contributed by atoms with Crippen LogP contribution in [0.25, 0.3) is 21.7 Å². The third-order valence-corrected chi connectivity index (χ3v) is 5.61. The van der Waals surface area contributed by atoms with Crippen molar-refractivity contribution in [2.45, 2.75) is 6.42 Å². The summed E-state index contributed by atoms with van der Waals surface area (Å²) < 4.78 is 19.8. The SMILES string of the molecule is COCCN(C)C(=O)c1c2cc(Cc3ccc(F)cc3)cnc2c(O)c2c(O)n(C)cc12. The van der Waals surface area contributed by atoms with Crippen molar-refractivity contribution in [3.05, 3.63) is 65.2 Å². The topological polar surface area (TPSA) is 87.8 Å². The number of ether oxygens (including phenoxy) is 1. The van der Waals surface area contributed by atoms with E-state index in [-0.39, 0.29) is 34.3 Å². The summed E-state index contributed by atoms with van der Waals surface area (Å²) in [5.74, 6) is -0.917. The standard InChI is InChI=1S/C24H24FN3O4/c1-27(8-9-32-3)23(30)19-17-11-15(10-14-4-6-16(25)7-5-14)12-26-21(17)22(29)20-18(19)13-28(2)24(20)31/h4-7,11-13,29,31H,8-10H2,1-3H3. The Balaban J connectivity index is 1.92. The largest absolute Gasteiger partial charge is 0.505 e. The first-order chi connectivity index (χ1) is 15.3. The molecule has 4 rings (SSSR count). The van der Waals surface area contributed by atoms with Gasteiger partial charge in [-0.15, -0.1) is 0 Å². The summed E-state index contributed by atoms with van der Waals surface area (Å²) in [6, 6.07) is 7.99. The van der Waals surface area contributed by atoms with Crippen LogP contribution in [0.4, 0.5) is 4.39 Å². The minimum atomic E-state index is -0.312. The number of halogens is 1. The molecular formula is C24H24FN3O4. The molecule has 0 spiro atoms. The molecule has 0 unspecified atom stereocenters. The molecule has 2 N–H and O–H groups in total. The molecule has 0 fully saturated rings. The maximum atomic E-state index is 13.4. The van der Waals surface area contributed by atoms with E-state index in [1.54, 1.807) is 45.7 Å². The highest BCUT2D eigenvalue weighted by Crippen LogP contribution is 2.42. The van der Waals surface area contributed by atoms with Crippen LogP contribution in [-0.4, -0.2) is 57.9 Å². The third-order valence-electron chi connectivity index (χ3n) is 5.61. The van der Waals surface area contributed by atoms with Gasteiger partial charge in [0.1, 0.15) is 11.3 Å². The average Bonchev–Trinajstić information content (AvgIpc) is 3.07. The third kappa shape index (κ3) is 3.73. The van der Waals surface area contributed by atoms with Gasteiger partial charge in [0, 0.05) is 50.9 Å². The number of rotatable bonds is 6. The van der Waals surface area contributed by atoms with E-state index in [9.17, 15) is 19.4 Å². The number of hydrogen-bond acceptors (Lipinski definition) is 5. The van der Waals surface area contributed by atoms with Crippen molar-refractivity contribution in [2.24, 2.45) is 7.05 Å². The molecule has 2 heterocycles. The Morgan fingerprint density at radius 1 is 1.19 bits per heavy atom. The summed E-state index contributed by atoms with van der Waals surface area (Å²) in [5, 5.41) is 22.5. The Kier molecular flexibility index (Phi) is 5.71. The first-order valence-electron chi connectivity index (χ1n) is 10.1. The Labute approximate surface area is 184 Å². The lowest BCUT2D eigenvalue weighted by molar-refractivity contribution is 0.0748. The Morgan fingerprint density at radius 2 is 1.91 bits per heavy atom. The Bertz CT molecular complexity index is 1320. The highest BCUT2D eigenvalue weighted by Gasteiger charge is 2.26. The fourth-order valence-corrected chi connectivity index (χ4v) is 3.88. The Morgan fingerprint density at radius 3 is 2.59 bits per heavy atom. The molecule has 0 aliphatic carbocycles. The number of phenolic OH excluding ortho intramolecular Hbond substituents is 1. The normalized spacial score (nSPS) is 11.4. The Hall–Kier alpha value is -3.65. The maximum absolute atomic E-state index is 13.4. The molecule has 0 saturated heterocycles. The number of carbonyl (C=O) groups excluding carboxylic acids is 1. The second-order valence-electron chi connectivity index (χ2n) is 7.84. The fraction of sp³-hybridized carbons (Fsp3) is 0.250. The second-order valence-corrected chi connectivity index (χ2v) is 7.84. The molecule has 4 aromatic rings. The van der Waals surface area contributed by atoms with Gasteiger partial charge in [-0.05, 0) is 35.7 Å². The molecule has 1 amide bonds. The van der Waals surface area contributed by atoms with E-state index in [4.69, 9.17) is 4.74 Å². The summed E-state index contributed by atoms with van der Waals surface area (Å²) in [5.41, 5.74) is 2.26. The van der Waals surface area contributed by atoms with Gasteiger partial charge in [0.2, 0.25) is 5.88 Å². The van der Waals surface area contributed by atoms with Crippen LogP contribution in [0, 0.1) is 5.82 Å². The van der Waals surface area contributed by atoms with Crippen LogP contribution in [0.5, 0.6) is 11.6 Å². The summed E-state index contributed by atoms with van der Waals surface area (Å²) in [6.07, 6.45) is 3.71. The number of aromatic hydroxyl groups is 2. The number of amides is 1. The summed E-state index contributed by atoms with van der Waals surface area (Å²) in [4.78, 5) is 19.4. The van der Waals surface area contributed by atoms with E-state index in [0.717, 1.165) is 11.1 Å². The quantitative estimate of drug-likeness (QED) is 0.481. The molecule has 0 atom stereocenters. The lowest BCUT2D eigenvalue weighted by atomic mass is 9.97. The lowest BCUT2D eigenvalue weighted by Gasteiger charge is -2.19. The molecule has 2 aromatic carbocycles. The van der Waals surface area contributed by atoms with Crippen molar-refractivity contribution in [3.63, 3.8) is 0 Å². The van der Waals surface area contributed by atoms with Gasteiger partial charge in [0.15, 0.2) is 5.75 Å². The number of aromatic nitrogens is 2. The van der Waals surface area contributed by atoms with Crippen LogP contribution in [-0.2, 0) is 18.2 Å². The highest BCUT2D eigenvalue weighted by molar-refractivity contribution is 6.21. The number of methoxy groups -OCH3 is 1. The predicted molar refractivity (Wildman–Crippen MR) is 120 cm³/mol. The van der Waals surface area contributed by atoms with E-state index in [1.807, 2.05) is 6.07 Å². The van der Waals surface area contributed by atoms with Gasteiger partial charge >= 0.3 is 0 Å². The number of phenols is 1. The van der Waals surface area contributed by atoms with Crippen molar-refractivity contribution >= 4 is 27.6 Å². The monoisotopic (exact) mass is 437 g/mol. The zero-order valence-corrected chi connectivity index (χ0v) is 18.1. The summed E-state index contributed by atoms with van der Waals surface area (Å²) in [6.45, 7) is 0.746. The average molecular weight is 437 g/mol. The van der Waals surface area contributed by atoms with Crippen molar-refractivity contribution < 1.29 is 24.1 Å². The number of likely N-dealkylation sites (N-methyl/N-ethyl adjacent to an activating group) is 1. The van der Waals surface area contributed by atoms with Crippen molar-refractivity contribution in [1.29, 1.82) is 0 Å². The molecule has 0 saturated carbocycles.